The second-order valence-corrected chi connectivity index (χ2v) is 8.43. The van der Waals surface area contributed by atoms with Gasteiger partial charge in [0.05, 0.1) is 0 Å². The minimum Gasteiger partial charge on any atom is -0.416 e. The van der Waals surface area contributed by atoms with Crippen molar-refractivity contribution >= 4 is 8.32 Å². The predicted molar refractivity (Wildman–Crippen MR) is 49.0 cm³/mol. The Morgan fingerprint density at radius 2 is 2.27 bits per heavy atom. The normalized spacial score (nSPS) is 40.5. The minimum atomic E-state index is -1.25. The molecule has 0 saturated carbocycles. The standard InChI is InChI=1S/C9H16OSi/c1-11(2)9-6-4-3-5-8(9)7-10-11/h3,5,8-9H,4,6-7H2,1-2H3. The fourth-order valence-corrected chi connectivity index (χ4v) is 5.28. The van der Waals surface area contributed by atoms with Crippen molar-refractivity contribution in [2.75, 3.05) is 6.61 Å². The molecule has 0 spiro atoms. The smallest absolute Gasteiger partial charge is 0.190 e. The number of fused-ring (bicyclic) bond motifs is 1. The summed E-state index contributed by atoms with van der Waals surface area (Å²) in [5, 5.41) is 0. The van der Waals surface area contributed by atoms with Gasteiger partial charge in [-0.15, -0.1) is 0 Å². The molecule has 2 heteroatoms. The fourth-order valence-electron chi connectivity index (χ4n) is 2.35. The molecule has 0 bridgehead atoms. The first-order valence-corrected chi connectivity index (χ1v) is 7.49. The molecular formula is C9H16OSi. The van der Waals surface area contributed by atoms with Crippen molar-refractivity contribution in [3.05, 3.63) is 12.2 Å². The van der Waals surface area contributed by atoms with Gasteiger partial charge in [-0.25, -0.2) is 0 Å². The van der Waals surface area contributed by atoms with Gasteiger partial charge in [-0.05, 0) is 31.5 Å². The molecule has 2 rings (SSSR count). The van der Waals surface area contributed by atoms with Crippen molar-refractivity contribution in [1.82, 2.24) is 0 Å². The van der Waals surface area contributed by atoms with Crippen molar-refractivity contribution < 1.29 is 4.43 Å². The van der Waals surface area contributed by atoms with Crippen LogP contribution in [0.15, 0.2) is 12.2 Å². The summed E-state index contributed by atoms with van der Waals surface area (Å²) in [6, 6.07) is 0. The molecule has 1 nitrogen and oxygen atoms in total. The van der Waals surface area contributed by atoms with E-state index in [9.17, 15) is 0 Å². The molecular weight excluding hydrogens is 152 g/mol. The van der Waals surface area contributed by atoms with Crippen molar-refractivity contribution in [2.24, 2.45) is 5.92 Å². The highest BCUT2D eigenvalue weighted by Crippen LogP contribution is 2.44. The number of rotatable bonds is 0. The molecule has 1 saturated heterocycles. The molecule has 1 heterocycles. The largest absolute Gasteiger partial charge is 0.416 e. The van der Waals surface area contributed by atoms with E-state index in [2.05, 4.69) is 25.2 Å². The molecule has 11 heavy (non-hydrogen) atoms. The van der Waals surface area contributed by atoms with E-state index in [1.54, 1.807) is 0 Å². The maximum absolute atomic E-state index is 5.87. The summed E-state index contributed by atoms with van der Waals surface area (Å²) in [7, 11) is -1.25. The zero-order valence-electron chi connectivity index (χ0n) is 7.34. The topological polar surface area (TPSA) is 9.23 Å². The Balaban J connectivity index is 2.19. The molecule has 1 aliphatic carbocycles. The van der Waals surface area contributed by atoms with Gasteiger partial charge in [-0.2, -0.15) is 0 Å². The SMILES string of the molecule is C[Si]1(C)OCC2C=CCCC21. The molecule has 2 aliphatic rings. The van der Waals surface area contributed by atoms with E-state index in [0.29, 0.717) is 0 Å². The predicted octanol–water partition coefficient (Wildman–Crippen LogP) is 2.56. The van der Waals surface area contributed by atoms with E-state index in [4.69, 9.17) is 4.43 Å². The maximum atomic E-state index is 5.87. The highest BCUT2D eigenvalue weighted by Gasteiger charge is 2.44. The first kappa shape index (κ1) is 7.56. The summed E-state index contributed by atoms with van der Waals surface area (Å²) in [5.74, 6) is 0.769. The van der Waals surface area contributed by atoms with Crippen LogP contribution >= 0.6 is 0 Å². The van der Waals surface area contributed by atoms with E-state index in [1.807, 2.05) is 0 Å². The molecule has 62 valence electrons. The Morgan fingerprint density at radius 3 is 3.00 bits per heavy atom. The van der Waals surface area contributed by atoms with Gasteiger partial charge in [-0.1, -0.05) is 12.2 Å². The van der Waals surface area contributed by atoms with Crippen LogP contribution in [0.5, 0.6) is 0 Å². The average molecular weight is 168 g/mol. The van der Waals surface area contributed by atoms with Crippen LogP contribution in [0.4, 0.5) is 0 Å². The monoisotopic (exact) mass is 168 g/mol. The Labute approximate surface area is 69.6 Å². The van der Waals surface area contributed by atoms with Gasteiger partial charge < -0.3 is 4.43 Å². The molecule has 0 aromatic rings. The third-order valence-electron chi connectivity index (χ3n) is 3.09. The summed E-state index contributed by atoms with van der Waals surface area (Å²) in [5.41, 5.74) is 0.910. The van der Waals surface area contributed by atoms with Crippen molar-refractivity contribution in [1.29, 1.82) is 0 Å². The van der Waals surface area contributed by atoms with Crippen LogP contribution in [0.1, 0.15) is 12.8 Å². The summed E-state index contributed by atoms with van der Waals surface area (Å²) >= 11 is 0. The third-order valence-corrected chi connectivity index (χ3v) is 6.50. The van der Waals surface area contributed by atoms with E-state index >= 15 is 0 Å². The van der Waals surface area contributed by atoms with Crippen LogP contribution in [0.3, 0.4) is 0 Å². The lowest BCUT2D eigenvalue weighted by molar-refractivity contribution is 0.322. The van der Waals surface area contributed by atoms with Crippen molar-refractivity contribution in [2.45, 2.75) is 31.5 Å². The lowest BCUT2D eigenvalue weighted by Gasteiger charge is -2.26. The lowest BCUT2D eigenvalue weighted by Crippen LogP contribution is -2.31. The molecule has 0 aromatic carbocycles. The summed E-state index contributed by atoms with van der Waals surface area (Å²) < 4.78 is 5.87. The second kappa shape index (κ2) is 2.46. The Morgan fingerprint density at radius 1 is 1.45 bits per heavy atom. The number of hydrogen-bond acceptors (Lipinski definition) is 1. The quantitative estimate of drug-likeness (QED) is 0.399. The van der Waals surface area contributed by atoms with Crippen LogP contribution in [0.2, 0.25) is 18.6 Å². The Hall–Kier alpha value is -0.0831. The van der Waals surface area contributed by atoms with Gasteiger partial charge >= 0.3 is 0 Å². The van der Waals surface area contributed by atoms with E-state index in [0.717, 1.165) is 18.1 Å². The van der Waals surface area contributed by atoms with E-state index < -0.39 is 8.32 Å². The van der Waals surface area contributed by atoms with E-state index in [1.165, 1.54) is 12.8 Å². The molecule has 0 radical (unpaired) electrons. The van der Waals surface area contributed by atoms with Gasteiger partial charge in [0.2, 0.25) is 0 Å². The molecule has 0 aromatic heterocycles. The molecule has 1 fully saturated rings. The van der Waals surface area contributed by atoms with Crippen LogP contribution in [0, 0.1) is 5.92 Å². The summed E-state index contributed by atoms with van der Waals surface area (Å²) in [6.45, 7) is 5.72. The highest BCUT2D eigenvalue weighted by atomic mass is 28.4. The number of allylic oxidation sites excluding steroid dienone is 1. The molecule has 0 N–H and O–H groups in total. The first-order valence-electron chi connectivity index (χ1n) is 4.51. The first-order chi connectivity index (χ1) is 5.20. The minimum absolute atomic E-state index is 0.769. The van der Waals surface area contributed by atoms with Crippen LogP contribution in [-0.4, -0.2) is 14.9 Å². The third kappa shape index (κ3) is 1.18. The molecule has 2 atom stereocenters. The average Bonchev–Trinajstić information content (AvgIpc) is 2.29. The van der Waals surface area contributed by atoms with Gasteiger partial charge in [0.1, 0.15) is 0 Å². The summed E-state index contributed by atoms with van der Waals surface area (Å²) in [6.07, 6.45) is 7.34. The zero-order valence-corrected chi connectivity index (χ0v) is 8.34. The van der Waals surface area contributed by atoms with Crippen molar-refractivity contribution in [3.8, 4) is 0 Å². The van der Waals surface area contributed by atoms with Crippen LogP contribution < -0.4 is 0 Å². The molecule has 0 amide bonds. The van der Waals surface area contributed by atoms with Crippen molar-refractivity contribution in [3.63, 3.8) is 0 Å². The Kier molecular flexibility index (Phi) is 1.69. The maximum Gasteiger partial charge on any atom is 0.190 e. The van der Waals surface area contributed by atoms with E-state index in [-0.39, 0.29) is 0 Å². The second-order valence-electron chi connectivity index (χ2n) is 4.19. The van der Waals surface area contributed by atoms with Gasteiger partial charge in [0.25, 0.3) is 0 Å². The fraction of sp³-hybridized carbons (Fsp3) is 0.778. The lowest BCUT2D eigenvalue weighted by atomic mass is 9.96. The summed E-state index contributed by atoms with van der Waals surface area (Å²) in [4.78, 5) is 0. The molecule has 1 aliphatic heterocycles. The van der Waals surface area contributed by atoms with Gasteiger partial charge in [0, 0.05) is 12.5 Å². The highest BCUT2D eigenvalue weighted by molar-refractivity contribution is 6.73. The Bertz CT molecular complexity index is 186. The van der Waals surface area contributed by atoms with Crippen LogP contribution in [0.25, 0.3) is 0 Å². The van der Waals surface area contributed by atoms with Gasteiger partial charge in [0.15, 0.2) is 8.32 Å². The molecule has 2 unspecified atom stereocenters. The van der Waals surface area contributed by atoms with Crippen LogP contribution in [-0.2, 0) is 4.43 Å². The number of hydrogen-bond donors (Lipinski definition) is 0. The zero-order chi connectivity index (χ0) is 7.90. The van der Waals surface area contributed by atoms with Gasteiger partial charge in [-0.3, -0.25) is 0 Å².